The molecular weight excluding hydrogens is 344 g/mol. The molecule has 3 heteroatoms. The highest BCUT2D eigenvalue weighted by Crippen LogP contribution is 2.41. The van der Waals surface area contributed by atoms with Gasteiger partial charge in [0.05, 0.1) is 7.11 Å². The maximum atomic E-state index is 5.74. The van der Waals surface area contributed by atoms with Gasteiger partial charge in [-0.05, 0) is 62.5 Å². The molecule has 28 heavy (non-hydrogen) atoms. The largest absolute Gasteiger partial charge is 0.496 e. The second-order valence-electron chi connectivity index (χ2n) is 9.26. The summed E-state index contributed by atoms with van der Waals surface area (Å²) in [6.07, 6.45) is 13.7. The highest BCUT2D eigenvalue weighted by atomic mass is 16.5. The average Bonchev–Trinajstić information content (AvgIpc) is 2.79. The molecule has 3 nitrogen and oxygen atoms in total. The zero-order valence-electron chi connectivity index (χ0n) is 18.2. The van der Waals surface area contributed by atoms with Crippen molar-refractivity contribution in [3.05, 3.63) is 29.3 Å². The lowest BCUT2D eigenvalue weighted by molar-refractivity contribution is 0.0444. The van der Waals surface area contributed by atoms with Crippen molar-refractivity contribution < 1.29 is 4.74 Å². The third kappa shape index (κ3) is 4.41. The van der Waals surface area contributed by atoms with E-state index in [1.54, 1.807) is 0 Å². The van der Waals surface area contributed by atoms with Crippen LogP contribution in [0.1, 0.15) is 81.8 Å². The van der Waals surface area contributed by atoms with Gasteiger partial charge in [-0.2, -0.15) is 0 Å². The smallest absolute Gasteiger partial charge is 0.122 e. The summed E-state index contributed by atoms with van der Waals surface area (Å²) in [5.74, 6) is 1.80. The molecule has 0 aromatic heterocycles. The Balaban J connectivity index is 1.30. The van der Waals surface area contributed by atoms with Crippen LogP contribution in [0.5, 0.6) is 5.75 Å². The molecule has 0 N–H and O–H groups in total. The lowest BCUT2D eigenvalue weighted by atomic mass is 9.78. The second-order valence-corrected chi connectivity index (χ2v) is 9.26. The standard InChI is InChI=1S/C25H40N2O/c1-3-20-8-7-11-24(28-2)25(20)21-12-14-23(15-13-21)27-18-16-26(17-19-27)22-9-5-4-6-10-22/h7-8,11,21-23H,3-6,9-10,12-19H2,1-2H3/t21-,23-. The first-order chi connectivity index (χ1) is 13.8. The molecular formula is C25H40N2O. The topological polar surface area (TPSA) is 15.7 Å². The number of hydrogen-bond donors (Lipinski definition) is 0. The van der Waals surface area contributed by atoms with Gasteiger partial charge in [-0.1, -0.05) is 38.3 Å². The quantitative estimate of drug-likeness (QED) is 0.691. The molecule has 0 spiro atoms. The summed E-state index contributed by atoms with van der Waals surface area (Å²) in [6.45, 7) is 7.46. The second kappa shape index (κ2) is 9.63. The average molecular weight is 385 g/mol. The van der Waals surface area contributed by atoms with Gasteiger partial charge in [-0.3, -0.25) is 9.80 Å². The molecule has 0 amide bonds. The van der Waals surface area contributed by atoms with Crippen molar-refractivity contribution >= 4 is 0 Å². The summed E-state index contributed by atoms with van der Waals surface area (Å²) in [5, 5.41) is 0. The Labute approximate surface area is 172 Å². The van der Waals surface area contributed by atoms with E-state index in [0.29, 0.717) is 5.92 Å². The van der Waals surface area contributed by atoms with Crippen molar-refractivity contribution in [1.29, 1.82) is 0 Å². The molecule has 1 aromatic rings. The zero-order chi connectivity index (χ0) is 19.3. The van der Waals surface area contributed by atoms with Gasteiger partial charge in [0.2, 0.25) is 0 Å². The fourth-order valence-electron chi connectivity index (χ4n) is 6.18. The third-order valence-electron chi connectivity index (χ3n) is 7.82. The number of rotatable bonds is 5. The first-order valence-corrected chi connectivity index (χ1v) is 11.9. The van der Waals surface area contributed by atoms with Crippen molar-refractivity contribution in [3.8, 4) is 5.75 Å². The Hall–Kier alpha value is -1.06. The van der Waals surface area contributed by atoms with Gasteiger partial charge < -0.3 is 4.74 Å². The van der Waals surface area contributed by atoms with Crippen LogP contribution in [0.15, 0.2) is 18.2 Å². The first-order valence-electron chi connectivity index (χ1n) is 11.9. The maximum Gasteiger partial charge on any atom is 0.122 e. The van der Waals surface area contributed by atoms with Gasteiger partial charge in [0.25, 0.3) is 0 Å². The van der Waals surface area contributed by atoms with Crippen LogP contribution in [-0.4, -0.2) is 55.2 Å². The van der Waals surface area contributed by atoms with E-state index in [1.165, 1.54) is 95.1 Å². The Kier molecular flexibility index (Phi) is 6.95. The van der Waals surface area contributed by atoms with Gasteiger partial charge in [0.15, 0.2) is 0 Å². The minimum atomic E-state index is 0.686. The van der Waals surface area contributed by atoms with Gasteiger partial charge in [-0.15, -0.1) is 0 Å². The van der Waals surface area contributed by atoms with Crippen LogP contribution in [0.4, 0.5) is 0 Å². The normalized spacial score (nSPS) is 28.4. The van der Waals surface area contributed by atoms with Crippen molar-refractivity contribution in [1.82, 2.24) is 9.80 Å². The van der Waals surface area contributed by atoms with Gasteiger partial charge in [0, 0.05) is 43.8 Å². The number of benzene rings is 1. The van der Waals surface area contributed by atoms with Crippen LogP contribution in [-0.2, 0) is 6.42 Å². The molecule has 4 rings (SSSR count). The van der Waals surface area contributed by atoms with Gasteiger partial charge in [0.1, 0.15) is 5.75 Å². The third-order valence-corrected chi connectivity index (χ3v) is 7.82. The van der Waals surface area contributed by atoms with Crippen LogP contribution in [0.2, 0.25) is 0 Å². The maximum absolute atomic E-state index is 5.74. The van der Waals surface area contributed by atoms with E-state index in [2.05, 4.69) is 34.9 Å². The molecule has 1 saturated heterocycles. The first kappa shape index (κ1) is 20.2. The fraction of sp³-hybridized carbons (Fsp3) is 0.760. The highest BCUT2D eigenvalue weighted by Gasteiger charge is 2.32. The summed E-state index contributed by atoms with van der Waals surface area (Å²) >= 11 is 0. The lowest BCUT2D eigenvalue weighted by Gasteiger charge is -2.45. The molecule has 0 atom stereocenters. The van der Waals surface area contributed by atoms with Crippen LogP contribution in [0, 0.1) is 0 Å². The van der Waals surface area contributed by atoms with E-state index < -0.39 is 0 Å². The predicted octanol–water partition coefficient (Wildman–Crippen LogP) is 5.23. The molecule has 2 saturated carbocycles. The minimum absolute atomic E-state index is 0.686. The molecule has 0 unspecified atom stereocenters. The number of hydrogen-bond acceptors (Lipinski definition) is 3. The van der Waals surface area contributed by atoms with E-state index in [0.717, 1.165) is 24.3 Å². The SMILES string of the molecule is CCc1cccc(OC)c1[C@H]1CC[C@H](N2CCN(C3CCCCC3)CC2)CC1. The minimum Gasteiger partial charge on any atom is -0.496 e. The van der Waals surface area contributed by atoms with Crippen molar-refractivity contribution in [3.63, 3.8) is 0 Å². The molecule has 1 heterocycles. The van der Waals surface area contributed by atoms with Crippen LogP contribution >= 0.6 is 0 Å². The molecule has 3 fully saturated rings. The number of nitrogens with zero attached hydrogens (tertiary/aromatic N) is 2. The van der Waals surface area contributed by atoms with E-state index in [4.69, 9.17) is 4.74 Å². The van der Waals surface area contributed by atoms with Gasteiger partial charge >= 0.3 is 0 Å². The lowest BCUT2D eigenvalue weighted by Crippen LogP contribution is -2.53. The van der Waals surface area contributed by atoms with Crippen molar-refractivity contribution in [2.45, 2.75) is 89.1 Å². The van der Waals surface area contributed by atoms with Crippen LogP contribution in [0.3, 0.4) is 0 Å². The number of piperazine rings is 1. The summed E-state index contributed by atoms with van der Waals surface area (Å²) in [7, 11) is 1.83. The number of methoxy groups -OCH3 is 1. The summed E-state index contributed by atoms with van der Waals surface area (Å²) in [6, 6.07) is 8.31. The summed E-state index contributed by atoms with van der Waals surface area (Å²) < 4.78 is 5.74. The Bertz CT molecular complexity index is 587. The molecule has 1 aliphatic heterocycles. The predicted molar refractivity (Wildman–Crippen MR) is 117 cm³/mol. The molecule has 0 bridgehead atoms. The molecule has 2 aliphatic carbocycles. The molecule has 3 aliphatic rings. The van der Waals surface area contributed by atoms with Crippen LogP contribution in [0.25, 0.3) is 0 Å². The molecule has 1 aromatic carbocycles. The zero-order valence-corrected chi connectivity index (χ0v) is 18.2. The molecule has 156 valence electrons. The van der Waals surface area contributed by atoms with Crippen molar-refractivity contribution in [2.24, 2.45) is 0 Å². The van der Waals surface area contributed by atoms with Crippen LogP contribution < -0.4 is 4.74 Å². The summed E-state index contributed by atoms with van der Waals surface area (Å²) in [4.78, 5) is 5.63. The number of ether oxygens (including phenoxy) is 1. The Morgan fingerprint density at radius 2 is 1.43 bits per heavy atom. The van der Waals surface area contributed by atoms with Crippen molar-refractivity contribution in [2.75, 3.05) is 33.3 Å². The Morgan fingerprint density at radius 3 is 2.00 bits per heavy atom. The van der Waals surface area contributed by atoms with E-state index >= 15 is 0 Å². The monoisotopic (exact) mass is 384 g/mol. The van der Waals surface area contributed by atoms with E-state index in [-0.39, 0.29) is 0 Å². The molecule has 0 radical (unpaired) electrons. The van der Waals surface area contributed by atoms with Gasteiger partial charge in [-0.25, -0.2) is 0 Å². The Morgan fingerprint density at radius 1 is 0.821 bits per heavy atom. The number of aryl methyl sites for hydroxylation is 1. The fourth-order valence-corrected chi connectivity index (χ4v) is 6.18. The van der Waals surface area contributed by atoms with E-state index in [1.807, 2.05) is 7.11 Å². The summed E-state index contributed by atoms with van der Waals surface area (Å²) in [5.41, 5.74) is 3.00. The highest BCUT2D eigenvalue weighted by molar-refractivity contribution is 5.43. The van der Waals surface area contributed by atoms with E-state index in [9.17, 15) is 0 Å².